The van der Waals surface area contributed by atoms with E-state index in [2.05, 4.69) is 6.07 Å². The molecule has 4 heteroatoms. The first-order valence-electron chi connectivity index (χ1n) is 5.00. The van der Waals surface area contributed by atoms with Gasteiger partial charge in [0.1, 0.15) is 0 Å². The van der Waals surface area contributed by atoms with Crippen molar-refractivity contribution in [2.45, 2.75) is 26.0 Å². The molecule has 0 aliphatic rings. The van der Waals surface area contributed by atoms with Gasteiger partial charge >= 0.3 is 0 Å². The highest BCUT2D eigenvalue weighted by Crippen LogP contribution is 2.22. The fraction of sp³-hybridized carbons (Fsp3) is 0.417. The van der Waals surface area contributed by atoms with Crippen molar-refractivity contribution in [3.8, 4) is 6.07 Å². The Morgan fingerprint density at radius 3 is 2.38 bits per heavy atom. The van der Waals surface area contributed by atoms with Crippen LogP contribution in [0.5, 0.6) is 0 Å². The van der Waals surface area contributed by atoms with Crippen LogP contribution in [0.15, 0.2) is 24.3 Å². The van der Waals surface area contributed by atoms with Crippen molar-refractivity contribution in [3.63, 3.8) is 0 Å². The molecule has 1 aromatic rings. The molecule has 3 N–H and O–H groups in total. The van der Waals surface area contributed by atoms with Gasteiger partial charge in [0.2, 0.25) is 0 Å². The average molecular weight is 241 g/mol. The number of aliphatic hydroxyl groups is 1. The minimum Gasteiger partial charge on any atom is -0.391 e. The lowest BCUT2D eigenvalue weighted by Gasteiger charge is -2.23. The number of benzene rings is 1. The smallest absolute Gasteiger partial charge is 0.0995 e. The summed E-state index contributed by atoms with van der Waals surface area (Å²) >= 11 is 0. The number of halogens is 1. The van der Waals surface area contributed by atoms with E-state index in [1.807, 2.05) is 19.9 Å². The molecule has 3 nitrogen and oxygen atoms in total. The molecular weight excluding hydrogens is 224 g/mol. The predicted octanol–water partition coefficient (Wildman–Crippen LogP) is 2.00. The fourth-order valence-corrected chi connectivity index (χ4v) is 1.49. The fourth-order valence-electron chi connectivity index (χ4n) is 1.49. The average Bonchev–Trinajstić information content (AvgIpc) is 2.26. The molecule has 0 heterocycles. The van der Waals surface area contributed by atoms with Gasteiger partial charge in [-0.1, -0.05) is 32.0 Å². The van der Waals surface area contributed by atoms with Crippen molar-refractivity contribution < 1.29 is 5.11 Å². The Morgan fingerprint density at radius 1 is 1.31 bits per heavy atom. The van der Waals surface area contributed by atoms with E-state index in [0.29, 0.717) is 11.1 Å². The minimum atomic E-state index is -0.625. The molecule has 0 radical (unpaired) electrons. The highest BCUT2D eigenvalue weighted by atomic mass is 35.5. The summed E-state index contributed by atoms with van der Waals surface area (Å²) in [6, 6.07) is 8.69. The van der Waals surface area contributed by atoms with Gasteiger partial charge in [-0.3, -0.25) is 0 Å². The Bertz CT molecular complexity index is 374. The van der Waals surface area contributed by atoms with Gasteiger partial charge in [-0.05, 0) is 17.5 Å². The SMILES string of the molecule is CC(C)[C@@H](O)[C@@H](N)c1ccccc1C#N.Cl. The van der Waals surface area contributed by atoms with Crippen LogP contribution in [-0.4, -0.2) is 11.2 Å². The van der Waals surface area contributed by atoms with E-state index in [1.165, 1.54) is 0 Å². The van der Waals surface area contributed by atoms with Gasteiger partial charge in [0.25, 0.3) is 0 Å². The van der Waals surface area contributed by atoms with E-state index in [-0.39, 0.29) is 18.3 Å². The van der Waals surface area contributed by atoms with Crippen LogP contribution in [0.4, 0.5) is 0 Å². The Morgan fingerprint density at radius 2 is 1.88 bits per heavy atom. The van der Waals surface area contributed by atoms with Crippen molar-refractivity contribution in [3.05, 3.63) is 35.4 Å². The van der Waals surface area contributed by atoms with Crippen molar-refractivity contribution in [1.29, 1.82) is 5.26 Å². The third-order valence-electron chi connectivity index (χ3n) is 2.49. The van der Waals surface area contributed by atoms with Crippen molar-refractivity contribution in [1.82, 2.24) is 0 Å². The third-order valence-corrected chi connectivity index (χ3v) is 2.49. The van der Waals surface area contributed by atoms with E-state index >= 15 is 0 Å². The Labute approximate surface area is 102 Å². The van der Waals surface area contributed by atoms with Crippen LogP contribution >= 0.6 is 12.4 Å². The van der Waals surface area contributed by atoms with Crippen LogP contribution in [0.25, 0.3) is 0 Å². The Hall–Kier alpha value is -1.08. The molecule has 1 rings (SSSR count). The highest BCUT2D eigenvalue weighted by Gasteiger charge is 2.21. The number of rotatable bonds is 3. The normalized spacial score (nSPS) is 13.8. The summed E-state index contributed by atoms with van der Waals surface area (Å²) in [6.07, 6.45) is -0.625. The molecule has 16 heavy (non-hydrogen) atoms. The number of aliphatic hydroxyl groups excluding tert-OH is 1. The monoisotopic (exact) mass is 240 g/mol. The molecule has 2 atom stereocenters. The molecule has 0 amide bonds. The lowest BCUT2D eigenvalue weighted by atomic mass is 9.92. The van der Waals surface area contributed by atoms with Crippen molar-refractivity contribution >= 4 is 12.4 Å². The summed E-state index contributed by atoms with van der Waals surface area (Å²) < 4.78 is 0. The second kappa shape index (κ2) is 6.49. The minimum absolute atomic E-state index is 0. The summed E-state index contributed by atoms with van der Waals surface area (Å²) in [5.41, 5.74) is 7.16. The van der Waals surface area contributed by atoms with Crippen LogP contribution in [0.3, 0.4) is 0 Å². The maximum absolute atomic E-state index is 9.83. The van der Waals surface area contributed by atoms with Crippen LogP contribution in [0.1, 0.15) is 31.0 Å². The first kappa shape index (κ1) is 14.9. The molecule has 0 bridgehead atoms. The van der Waals surface area contributed by atoms with Gasteiger partial charge in [0.05, 0.1) is 23.8 Å². The molecule has 0 unspecified atom stereocenters. The largest absolute Gasteiger partial charge is 0.391 e. The van der Waals surface area contributed by atoms with E-state index in [0.717, 1.165) is 0 Å². The molecule has 0 aromatic heterocycles. The second-order valence-corrected chi connectivity index (χ2v) is 3.96. The zero-order valence-electron chi connectivity index (χ0n) is 9.42. The summed E-state index contributed by atoms with van der Waals surface area (Å²) in [5.74, 6) is 0.0757. The van der Waals surface area contributed by atoms with Crippen LogP contribution in [-0.2, 0) is 0 Å². The van der Waals surface area contributed by atoms with Crippen molar-refractivity contribution in [2.24, 2.45) is 11.7 Å². The topological polar surface area (TPSA) is 70.0 Å². The zero-order valence-corrected chi connectivity index (χ0v) is 10.2. The van der Waals surface area contributed by atoms with Crippen LogP contribution in [0.2, 0.25) is 0 Å². The molecule has 0 fully saturated rings. The maximum Gasteiger partial charge on any atom is 0.0995 e. The van der Waals surface area contributed by atoms with E-state index < -0.39 is 12.1 Å². The second-order valence-electron chi connectivity index (χ2n) is 3.96. The first-order valence-corrected chi connectivity index (χ1v) is 5.00. The number of hydrogen-bond acceptors (Lipinski definition) is 3. The molecule has 88 valence electrons. The van der Waals surface area contributed by atoms with Gasteiger partial charge in [-0.15, -0.1) is 12.4 Å². The highest BCUT2D eigenvalue weighted by molar-refractivity contribution is 5.85. The van der Waals surface area contributed by atoms with Crippen LogP contribution in [0, 0.1) is 17.2 Å². The van der Waals surface area contributed by atoms with Gasteiger partial charge < -0.3 is 10.8 Å². The van der Waals surface area contributed by atoms with Gasteiger partial charge in [-0.2, -0.15) is 5.26 Å². The van der Waals surface area contributed by atoms with E-state index in [1.54, 1.807) is 18.2 Å². The summed E-state index contributed by atoms with van der Waals surface area (Å²) in [4.78, 5) is 0. The zero-order chi connectivity index (χ0) is 11.4. The molecule has 0 saturated heterocycles. The Kier molecular flexibility index (Phi) is 6.05. The predicted molar refractivity (Wildman–Crippen MR) is 66.2 cm³/mol. The molecule has 0 saturated carbocycles. The number of nitrogens with two attached hydrogens (primary N) is 1. The lowest BCUT2D eigenvalue weighted by Crippen LogP contribution is -2.31. The number of nitrogens with zero attached hydrogens (tertiary/aromatic N) is 1. The lowest BCUT2D eigenvalue weighted by molar-refractivity contribution is 0.0978. The van der Waals surface area contributed by atoms with E-state index in [9.17, 15) is 5.11 Å². The van der Waals surface area contributed by atoms with Crippen molar-refractivity contribution in [2.75, 3.05) is 0 Å². The standard InChI is InChI=1S/C12H16N2O.ClH/c1-8(2)12(15)11(14)10-6-4-3-5-9(10)7-13;/h3-6,8,11-12,15H,14H2,1-2H3;1H/t11-,12+;/m0./s1. The van der Waals surface area contributed by atoms with Gasteiger partial charge in [-0.25, -0.2) is 0 Å². The summed E-state index contributed by atoms with van der Waals surface area (Å²) in [6.45, 7) is 3.80. The van der Waals surface area contributed by atoms with Crippen LogP contribution < -0.4 is 5.73 Å². The first-order chi connectivity index (χ1) is 7.07. The van der Waals surface area contributed by atoms with E-state index in [4.69, 9.17) is 11.0 Å². The molecule has 1 aromatic carbocycles. The molecular formula is C12H17ClN2O. The quantitative estimate of drug-likeness (QED) is 0.849. The third kappa shape index (κ3) is 3.21. The number of hydrogen-bond donors (Lipinski definition) is 2. The maximum atomic E-state index is 9.83. The molecule has 0 aliphatic heterocycles. The summed E-state index contributed by atoms with van der Waals surface area (Å²) in [5, 5.41) is 18.7. The Balaban J connectivity index is 0.00000225. The summed E-state index contributed by atoms with van der Waals surface area (Å²) in [7, 11) is 0. The van der Waals surface area contributed by atoms with Gasteiger partial charge in [0, 0.05) is 0 Å². The number of nitriles is 1. The van der Waals surface area contributed by atoms with Gasteiger partial charge in [0.15, 0.2) is 0 Å². The molecule has 0 aliphatic carbocycles. The molecule has 0 spiro atoms.